The summed E-state index contributed by atoms with van der Waals surface area (Å²) in [5, 5.41) is 2.35. The normalized spacial score (nSPS) is 9.79. The number of ether oxygens (including phenoxy) is 2. The number of likely N-dealkylation sites (N-methyl/N-ethyl adjacent to an activating group) is 1. The number of benzene rings is 2. The second-order valence-electron chi connectivity index (χ2n) is 5.96. The Balaban J connectivity index is -0.000000243. The minimum absolute atomic E-state index is 0. The zero-order chi connectivity index (χ0) is 29.4. The van der Waals surface area contributed by atoms with Gasteiger partial charge in [-0.05, 0) is 36.8 Å². The molecule has 0 N–H and O–H groups in total. The fourth-order valence-electron chi connectivity index (χ4n) is 2.99. The highest BCUT2D eigenvalue weighted by molar-refractivity contribution is 6.35. The molecule has 0 saturated carbocycles. The Kier molecular flexibility index (Phi) is 31.4. The summed E-state index contributed by atoms with van der Waals surface area (Å²) < 4.78 is 10.4. The van der Waals surface area contributed by atoms with Gasteiger partial charge in [0.25, 0.3) is 0 Å². The topological polar surface area (TPSA) is 60.5 Å². The van der Waals surface area contributed by atoms with Crippen LogP contribution >= 0.6 is 23.2 Å². The Labute approximate surface area is 242 Å². The van der Waals surface area contributed by atoms with Crippen molar-refractivity contribution in [2.45, 2.75) is 69.2 Å². The number of hydrogen-bond acceptors (Lipinski definition) is 7. The molecule has 1 aliphatic rings. The van der Waals surface area contributed by atoms with Crippen molar-refractivity contribution in [3.63, 3.8) is 0 Å². The zero-order valence-electron chi connectivity index (χ0n) is 24.8. The highest BCUT2D eigenvalue weighted by Gasteiger charge is 2.26. The molecule has 0 atom stereocenters. The van der Waals surface area contributed by atoms with Crippen molar-refractivity contribution in [1.29, 1.82) is 0 Å². The van der Waals surface area contributed by atoms with Gasteiger partial charge in [0, 0.05) is 24.2 Å². The van der Waals surface area contributed by atoms with E-state index in [2.05, 4.69) is 11.9 Å². The van der Waals surface area contributed by atoms with Crippen LogP contribution in [0.25, 0.3) is 0 Å². The van der Waals surface area contributed by atoms with Gasteiger partial charge in [0.05, 0.1) is 32.0 Å². The molecule has 0 radical (unpaired) electrons. The van der Waals surface area contributed by atoms with Crippen LogP contribution in [-0.4, -0.2) is 47.8 Å². The van der Waals surface area contributed by atoms with E-state index in [9.17, 15) is 4.79 Å². The van der Waals surface area contributed by atoms with Crippen LogP contribution in [0.5, 0.6) is 11.5 Å². The summed E-state index contributed by atoms with van der Waals surface area (Å²) in [7, 11) is 6.90. The van der Waals surface area contributed by atoms with Gasteiger partial charge in [0.2, 0.25) is 0 Å². The summed E-state index contributed by atoms with van der Waals surface area (Å²) in [6.07, 6.45) is 1.63. The molecule has 3 rings (SSSR count). The van der Waals surface area contributed by atoms with Crippen molar-refractivity contribution in [3.8, 4) is 11.5 Å². The maximum atomic E-state index is 9.96. The van der Waals surface area contributed by atoms with E-state index >= 15 is 0 Å². The predicted octanol–water partition coefficient (Wildman–Crippen LogP) is 8.93. The molecule has 0 aliphatic carbocycles. The summed E-state index contributed by atoms with van der Waals surface area (Å²) in [6.45, 7) is 17.0. The van der Waals surface area contributed by atoms with Crippen LogP contribution in [0, 0.1) is 0 Å². The van der Waals surface area contributed by atoms with Crippen LogP contribution in [0.4, 0.5) is 11.4 Å². The molecule has 0 saturated heterocycles. The largest absolute Gasteiger partial charge is 0.496 e. The number of nitrogens with zero attached hydrogens (tertiary/aromatic N) is 2. The molecule has 0 fully saturated rings. The first-order chi connectivity index (χ1) is 18.0. The standard InChI is InChI=1S/C12H18N2O3.C8H6Cl2O2.4C2H6.CH4/c1-13-8-7-9-11(15-2)6-5-10(12(9)13)14(16-3)17-4;9-6-1-2-8(7(10)5-6)12-4-3-11;4*1-2;/h5-6H,7-8H2,1-4H3;1-3,5H,4H2;4*1-2H3;1H4. The highest BCUT2D eigenvalue weighted by atomic mass is 35.5. The van der Waals surface area contributed by atoms with Gasteiger partial charge in [0.15, 0.2) is 6.29 Å². The van der Waals surface area contributed by atoms with Crippen molar-refractivity contribution < 1.29 is 23.9 Å². The summed E-state index contributed by atoms with van der Waals surface area (Å²) >= 11 is 11.4. The molecule has 2 aromatic carbocycles. The fourth-order valence-corrected chi connectivity index (χ4v) is 3.45. The van der Waals surface area contributed by atoms with Gasteiger partial charge in [-0.1, -0.05) is 86.0 Å². The molecule has 0 amide bonds. The quantitative estimate of drug-likeness (QED) is 0.240. The lowest BCUT2D eigenvalue weighted by molar-refractivity contribution is -0.109. The Morgan fingerprint density at radius 1 is 0.895 bits per heavy atom. The number of methoxy groups -OCH3 is 1. The molecular formula is C29H52Cl2N2O5. The number of aldehydes is 1. The lowest BCUT2D eigenvalue weighted by Gasteiger charge is -2.24. The molecule has 1 heterocycles. The number of carbonyl (C=O) groups is 1. The van der Waals surface area contributed by atoms with Crippen LogP contribution in [0.1, 0.15) is 68.4 Å². The van der Waals surface area contributed by atoms with Crippen LogP contribution in [0.2, 0.25) is 10.0 Å². The average Bonchev–Trinajstić information content (AvgIpc) is 3.35. The maximum Gasteiger partial charge on any atom is 0.157 e. The summed E-state index contributed by atoms with van der Waals surface area (Å²) in [5.74, 6) is 1.38. The van der Waals surface area contributed by atoms with Crippen LogP contribution < -0.4 is 19.6 Å². The third-order valence-corrected chi connectivity index (χ3v) is 4.78. The second kappa shape index (κ2) is 27.8. The van der Waals surface area contributed by atoms with E-state index < -0.39 is 0 Å². The lowest BCUT2D eigenvalue weighted by atomic mass is 10.1. The first kappa shape index (κ1) is 42.9. The molecule has 38 heavy (non-hydrogen) atoms. The molecular weight excluding hydrogens is 527 g/mol. The Morgan fingerprint density at radius 2 is 1.42 bits per heavy atom. The predicted molar refractivity (Wildman–Crippen MR) is 167 cm³/mol. The van der Waals surface area contributed by atoms with E-state index in [0.717, 1.165) is 30.1 Å². The van der Waals surface area contributed by atoms with E-state index in [1.165, 1.54) is 10.8 Å². The monoisotopic (exact) mass is 578 g/mol. The van der Waals surface area contributed by atoms with E-state index in [4.69, 9.17) is 42.4 Å². The van der Waals surface area contributed by atoms with Gasteiger partial charge < -0.3 is 14.4 Å². The number of halogens is 2. The fraction of sp³-hybridized carbons (Fsp3) is 0.552. The summed E-state index contributed by atoms with van der Waals surface area (Å²) in [5.41, 5.74) is 3.20. The van der Waals surface area contributed by atoms with Crippen LogP contribution in [-0.2, 0) is 20.9 Å². The molecule has 1 aliphatic heterocycles. The third-order valence-electron chi connectivity index (χ3n) is 4.25. The van der Waals surface area contributed by atoms with E-state index in [0.29, 0.717) is 22.1 Å². The molecule has 0 spiro atoms. The lowest BCUT2D eigenvalue weighted by Crippen LogP contribution is -2.23. The van der Waals surface area contributed by atoms with E-state index in [1.807, 2.05) is 67.5 Å². The van der Waals surface area contributed by atoms with Gasteiger partial charge in [0.1, 0.15) is 23.8 Å². The van der Waals surface area contributed by atoms with Gasteiger partial charge in [-0.25, -0.2) is 0 Å². The highest BCUT2D eigenvalue weighted by Crippen LogP contribution is 2.42. The molecule has 2 aromatic rings. The third kappa shape index (κ3) is 14.1. The zero-order valence-corrected chi connectivity index (χ0v) is 26.3. The Bertz CT molecular complexity index is 835. The molecule has 0 aromatic heterocycles. The minimum Gasteiger partial charge on any atom is -0.496 e. The first-order valence-corrected chi connectivity index (χ1v) is 13.5. The SMILES string of the molecule is C.CC.CC.CC.CC.COc1ccc(N(OC)OC)c2c1CCN2C.O=CCOc1ccc(Cl)cc1Cl. The molecule has 222 valence electrons. The number of rotatable bonds is 7. The number of hydrogen-bond donors (Lipinski definition) is 0. The summed E-state index contributed by atoms with van der Waals surface area (Å²) in [6, 6.07) is 8.70. The van der Waals surface area contributed by atoms with Gasteiger partial charge in [-0.2, -0.15) is 0 Å². The van der Waals surface area contributed by atoms with Gasteiger partial charge >= 0.3 is 0 Å². The maximum absolute atomic E-state index is 9.96. The first-order valence-electron chi connectivity index (χ1n) is 12.8. The number of fused-ring (bicyclic) bond motifs is 1. The van der Waals surface area contributed by atoms with Crippen molar-refractivity contribution in [1.82, 2.24) is 0 Å². The number of anilines is 2. The number of carbonyl (C=O) groups excluding carboxylic acids is 1. The van der Waals surface area contributed by atoms with Crippen molar-refractivity contribution in [3.05, 3.63) is 45.9 Å². The molecule has 0 bridgehead atoms. The Hall–Kier alpha value is -2.19. The van der Waals surface area contributed by atoms with Crippen molar-refractivity contribution >= 4 is 40.9 Å². The van der Waals surface area contributed by atoms with Gasteiger partial charge in [-0.3, -0.25) is 14.5 Å². The van der Waals surface area contributed by atoms with Crippen LogP contribution in [0.15, 0.2) is 30.3 Å². The van der Waals surface area contributed by atoms with Gasteiger partial charge in [-0.15, -0.1) is 5.23 Å². The average molecular weight is 580 g/mol. The van der Waals surface area contributed by atoms with Crippen molar-refractivity contribution in [2.75, 3.05) is 51.7 Å². The van der Waals surface area contributed by atoms with E-state index in [1.54, 1.807) is 39.5 Å². The second-order valence-corrected chi connectivity index (χ2v) is 6.80. The smallest absolute Gasteiger partial charge is 0.157 e. The molecule has 7 nitrogen and oxygen atoms in total. The molecule has 0 unspecified atom stereocenters. The van der Waals surface area contributed by atoms with E-state index in [-0.39, 0.29) is 14.0 Å². The summed E-state index contributed by atoms with van der Waals surface area (Å²) in [4.78, 5) is 22.5. The van der Waals surface area contributed by atoms with Crippen molar-refractivity contribution in [2.24, 2.45) is 0 Å². The Morgan fingerprint density at radius 3 is 1.87 bits per heavy atom. The van der Waals surface area contributed by atoms with Crippen LogP contribution in [0.3, 0.4) is 0 Å². The minimum atomic E-state index is 0. The molecule has 9 heteroatoms.